The predicted molar refractivity (Wildman–Crippen MR) is 108 cm³/mol. The van der Waals surface area contributed by atoms with Gasteiger partial charge in [-0.3, -0.25) is 0 Å². The molecule has 0 atom stereocenters. The molecular formula is C21H17Cl2NO3. The lowest BCUT2D eigenvalue weighted by Crippen LogP contribution is -2.05. The molecule has 0 aliphatic heterocycles. The maximum Gasteiger partial charge on any atom is 0.335 e. The lowest BCUT2D eigenvalue weighted by Gasteiger charge is -2.14. The van der Waals surface area contributed by atoms with Crippen LogP contribution in [0.1, 0.15) is 21.5 Å². The number of halogens is 2. The van der Waals surface area contributed by atoms with Gasteiger partial charge in [0.05, 0.1) is 5.56 Å². The van der Waals surface area contributed by atoms with Gasteiger partial charge in [-0.05, 0) is 36.4 Å². The van der Waals surface area contributed by atoms with Crippen molar-refractivity contribution in [3.05, 3.63) is 93.5 Å². The van der Waals surface area contributed by atoms with Gasteiger partial charge in [0.1, 0.15) is 12.4 Å². The summed E-state index contributed by atoms with van der Waals surface area (Å²) in [6, 6.07) is 19.6. The molecule has 0 aliphatic rings. The maximum atomic E-state index is 11.1. The molecule has 0 spiro atoms. The molecule has 0 aliphatic carbocycles. The van der Waals surface area contributed by atoms with Crippen LogP contribution in [0.25, 0.3) is 0 Å². The molecule has 0 unspecified atom stereocenters. The van der Waals surface area contributed by atoms with E-state index >= 15 is 0 Å². The summed E-state index contributed by atoms with van der Waals surface area (Å²) >= 11 is 12.1. The van der Waals surface area contributed by atoms with Gasteiger partial charge < -0.3 is 15.2 Å². The number of carboxylic acids is 1. The van der Waals surface area contributed by atoms with Crippen molar-refractivity contribution >= 4 is 34.9 Å². The predicted octanol–water partition coefficient (Wildman–Crippen LogP) is 5.88. The number of nitrogens with one attached hydrogen (secondary N) is 1. The fourth-order valence-corrected chi connectivity index (χ4v) is 3.01. The van der Waals surface area contributed by atoms with Crippen LogP contribution in [-0.4, -0.2) is 11.1 Å². The van der Waals surface area contributed by atoms with Crippen LogP contribution in [0.3, 0.4) is 0 Å². The van der Waals surface area contributed by atoms with Crippen molar-refractivity contribution in [1.29, 1.82) is 0 Å². The standard InChI is InChI=1S/C21H17Cl2NO3/c22-17-9-8-16(19(23)11-17)13-27-20-7-2-1-4-15(20)12-24-18-6-3-5-14(10-18)21(25)26/h1-11,24H,12-13H2,(H,25,26). The second-order valence-corrected chi connectivity index (χ2v) is 6.72. The molecule has 0 amide bonds. The smallest absolute Gasteiger partial charge is 0.335 e. The summed E-state index contributed by atoms with van der Waals surface area (Å²) in [7, 11) is 0. The van der Waals surface area contributed by atoms with Gasteiger partial charge >= 0.3 is 5.97 Å². The molecule has 0 radical (unpaired) electrons. The first-order chi connectivity index (χ1) is 13.0. The summed E-state index contributed by atoms with van der Waals surface area (Å²) in [5.74, 6) is -0.229. The van der Waals surface area contributed by atoms with Gasteiger partial charge in [-0.15, -0.1) is 0 Å². The molecular weight excluding hydrogens is 385 g/mol. The maximum absolute atomic E-state index is 11.1. The van der Waals surface area contributed by atoms with Crippen LogP contribution in [0.15, 0.2) is 66.7 Å². The number of rotatable bonds is 7. The molecule has 0 fully saturated rings. The van der Waals surface area contributed by atoms with E-state index in [-0.39, 0.29) is 5.56 Å². The van der Waals surface area contributed by atoms with Crippen LogP contribution in [0, 0.1) is 0 Å². The first kappa shape index (κ1) is 19.1. The highest BCUT2D eigenvalue weighted by atomic mass is 35.5. The van der Waals surface area contributed by atoms with Gasteiger partial charge in [-0.2, -0.15) is 0 Å². The van der Waals surface area contributed by atoms with Crippen molar-refractivity contribution in [1.82, 2.24) is 0 Å². The van der Waals surface area contributed by atoms with Gasteiger partial charge in [0, 0.05) is 33.4 Å². The number of aromatic carboxylic acids is 1. The highest BCUT2D eigenvalue weighted by Crippen LogP contribution is 2.25. The number of ether oxygens (including phenoxy) is 1. The average Bonchev–Trinajstić information content (AvgIpc) is 2.66. The molecule has 3 aromatic rings. The van der Waals surface area contributed by atoms with Gasteiger partial charge in [-0.1, -0.05) is 53.5 Å². The quantitative estimate of drug-likeness (QED) is 0.518. The topological polar surface area (TPSA) is 58.6 Å². The van der Waals surface area contributed by atoms with Gasteiger partial charge in [0.2, 0.25) is 0 Å². The molecule has 0 heterocycles. The third kappa shape index (κ3) is 5.16. The molecule has 2 N–H and O–H groups in total. The van der Waals surface area contributed by atoms with Crippen LogP contribution in [0.4, 0.5) is 5.69 Å². The normalized spacial score (nSPS) is 10.4. The lowest BCUT2D eigenvalue weighted by molar-refractivity contribution is 0.0697. The molecule has 0 aromatic heterocycles. The van der Waals surface area contributed by atoms with E-state index in [2.05, 4.69) is 5.32 Å². The molecule has 3 aromatic carbocycles. The van der Waals surface area contributed by atoms with Crippen molar-refractivity contribution in [3.63, 3.8) is 0 Å². The lowest BCUT2D eigenvalue weighted by atomic mass is 10.1. The molecule has 0 saturated heterocycles. The second kappa shape index (κ2) is 8.80. The Balaban J connectivity index is 1.68. The van der Waals surface area contributed by atoms with E-state index in [0.717, 1.165) is 22.6 Å². The number of anilines is 1. The fraction of sp³-hybridized carbons (Fsp3) is 0.0952. The van der Waals surface area contributed by atoms with Crippen LogP contribution >= 0.6 is 23.2 Å². The molecule has 0 bridgehead atoms. The SMILES string of the molecule is O=C(O)c1cccc(NCc2ccccc2OCc2ccc(Cl)cc2Cl)c1. The van der Waals surface area contributed by atoms with E-state index in [4.69, 9.17) is 33.0 Å². The van der Waals surface area contributed by atoms with Crippen molar-refractivity contribution in [2.45, 2.75) is 13.2 Å². The Bertz CT molecular complexity index is 960. The monoisotopic (exact) mass is 401 g/mol. The number of hydrogen-bond donors (Lipinski definition) is 2. The largest absolute Gasteiger partial charge is 0.488 e. The van der Waals surface area contributed by atoms with Crippen molar-refractivity contribution < 1.29 is 14.6 Å². The number of carboxylic acid groups (broad SMARTS) is 1. The fourth-order valence-electron chi connectivity index (χ4n) is 2.54. The molecule has 27 heavy (non-hydrogen) atoms. The minimum Gasteiger partial charge on any atom is -0.488 e. The number of carbonyl (C=O) groups is 1. The summed E-state index contributed by atoms with van der Waals surface area (Å²) in [5, 5.41) is 13.5. The Hall–Kier alpha value is -2.69. The van der Waals surface area contributed by atoms with Crippen LogP contribution < -0.4 is 10.1 Å². The van der Waals surface area contributed by atoms with E-state index in [1.165, 1.54) is 0 Å². The zero-order valence-corrected chi connectivity index (χ0v) is 15.8. The van der Waals surface area contributed by atoms with Gasteiger partial charge in [-0.25, -0.2) is 4.79 Å². The highest BCUT2D eigenvalue weighted by Gasteiger charge is 2.07. The van der Waals surface area contributed by atoms with E-state index in [1.54, 1.807) is 30.3 Å². The van der Waals surface area contributed by atoms with E-state index in [9.17, 15) is 4.79 Å². The minimum atomic E-state index is -0.956. The first-order valence-electron chi connectivity index (χ1n) is 8.25. The molecule has 138 valence electrons. The van der Waals surface area contributed by atoms with E-state index in [1.807, 2.05) is 36.4 Å². The summed E-state index contributed by atoms with van der Waals surface area (Å²) in [6.45, 7) is 0.815. The zero-order valence-electron chi connectivity index (χ0n) is 14.3. The van der Waals surface area contributed by atoms with Gasteiger partial charge in [0.25, 0.3) is 0 Å². The summed E-state index contributed by atoms with van der Waals surface area (Å²) < 4.78 is 5.93. The third-order valence-electron chi connectivity index (χ3n) is 3.96. The third-order valence-corrected chi connectivity index (χ3v) is 4.55. The van der Waals surface area contributed by atoms with Crippen LogP contribution in [-0.2, 0) is 13.2 Å². The molecule has 6 heteroatoms. The summed E-state index contributed by atoms with van der Waals surface area (Å²) in [5.41, 5.74) is 2.76. The second-order valence-electron chi connectivity index (χ2n) is 5.87. The Labute approximate surface area is 167 Å². The number of benzene rings is 3. The summed E-state index contributed by atoms with van der Waals surface area (Å²) in [4.78, 5) is 11.1. The minimum absolute atomic E-state index is 0.238. The van der Waals surface area contributed by atoms with E-state index in [0.29, 0.717) is 23.2 Å². The van der Waals surface area contributed by atoms with Crippen molar-refractivity contribution in [3.8, 4) is 5.75 Å². The van der Waals surface area contributed by atoms with Gasteiger partial charge in [0.15, 0.2) is 0 Å². The van der Waals surface area contributed by atoms with Crippen LogP contribution in [0.5, 0.6) is 5.75 Å². The Morgan fingerprint density at radius 1 is 0.963 bits per heavy atom. The van der Waals surface area contributed by atoms with Crippen molar-refractivity contribution in [2.75, 3.05) is 5.32 Å². The Morgan fingerprint density at radius 3 is 2.56 bits per heavy atom. The first-order valence-corrected chi connectivity index (χ1v) is 9.00. The summed E-state index contributed by atoms with van der Waals surface area (Å²) in [6.07, 6.45) is 0. The average molecular weight is 402 g/mol. The number of para-hydroxylation sites is 1. The molecule has 4 nitrogen and oxygen atoms in total. The Kier molecular flexibility index (Phi) is 6.22. The molecule has 0 saturated carbocycles. The van der Waals surface area contributed by atoms with Crippen molar-refractivity contribution in [2.24, 2.45) is 0 Å². The number of hydrogen-bond acceptors (Lipinski definition) is 3. The highest BCUT2D eigenvalue weighted by molar-refractivity contribution is 6.35. The van der Waals surface area contributed by atoms with E-state index < -0.39 is 5.97 Å². The Morgan fingerprint density at radius 2 is 1.78 bits per heavy atom. The molecule has 3 rings (SSSR count). The zero-order chi connectivity index (χ0) is 19.2. The van der Waals surface area contributed by atoms with Crippen LogP contribution in [0.2, 0.25) is 10.0 Å².